The molecule has 0 atom stereocenters. The Balaban J connectivity index is 1.57. The van der Waals surface area contributed by atoms with Gasteiger partial charge in [0, 0.05) is 35.8 Å². The van der Waals surface area contributed by atoms with Gasteiger partial charge in [0.1, 0.15) is 5.65 Å². The fraction of sp³-hybridized carbons (Fsp3) is 0.118. The van der Waals surface area contributed by atoms with E-state index in [-0.39, 0.29) is 6.54 Å². The van der Waals surface area contributed by atoms with Crippen LogP contribution in [0, 0.1) is 0 Å². The Hall–Kier alpha value is -2.15. The Morgan fingerprint density at radius 3 is 2.71 bits per heavy atom. The molecule has 1 N–H and O–H groups in total. The normalized spacial score (nSPS) is 12.2. The first-order valence-electron chi connectivity index (χ1n) is 7.38. The van der Waals surface area contributed by atoms with E-state index in [4.69, 9.17) is 11.6 Å². The predicted octanol–water partition coefficient (Wildman–Crippen LogP) is 3.12. The van der Waals surface area contributed by atoms with E-state index in [0.717, 1.165) is 22.3 Å². The zero-order chi connectivity index (χ0) is 17.0. The number of aromatic nitrogens is 2. The lowest BCUT2D eigenvalue weighted by molar-refractivity contribution is 0.591. The van der Waals surface area contributed by atoms with E-state index in [1.54, 1.807) is 24.3 Å². The van der Waals surface area contributed by atoms with Gasteiger partial charge in [-0.2, -0.15) is 0 Å². The largest absolute Gasteiger partial charge is 0.307 e. The minimum atomic E-state index is -3.49. The van der Waals surface area contributed by atoms with Crippen LogP contribution in [0.5, 0.6) is 0 Å². The molecule has 0 aliphatic rings. The summed E-state index contributed by atoms with van der Waals surface area (Å²) in [6.45, 7) is 0.289. The SMILES string of the molecule is O=S(=O)(/C=C/c1ccc(Cl)cc1)NCCc1cn2ccccc2n1. The third-order valence-electron chi connectivity index (χ3n) is 3.41. The van der Waals surface area contributed by atoms with Crippen LogP contribution in [-0.4, -0.2) is 24.3 Å². The number of fused-ring (bicyclic) bond motifs is 1. The van der Waals surface area contributed by atoms with Crippen LogP contribution in [0.1, 0.15) is 11.3 Å². The summed E-state index contributed by atoms with van der Waals surface area (Å²) in [7, 11) is -3.49. The lowest BCUT2D eigenvalue weighted by atomic mass is 10.2. The number of halogens is 1. The molecule has 0 bridgehead atoms. The number of hydrogen-bond donors (Lipinski definition) is 1. The van der Waals surface area contributed by atoms with Crippen LogP contribution in [-0.2, 0) is 16.4 Å². The minimum absolute atomic E-state index is 0.289. The number of nitrogens with zero attached hydrogens (tertiary/aromatic N) is 2. The number of pyridine rings is 1. The van der Waals surface area contributed by atoms with E-state index in [0.29, 0.717) is 11.4 Å². The Bertz CT molecular complexity index is 930. The Morgan fingerprint density at radius 2 is 1.96 bits per heavy atom. The highest BCUT2D eigenvalue weighted by molar-refractivity contribution is 7.92. The third kappa shape index (κ3) is 4.44. The van der Waals surface area contributed by atoms with E-state index in [9.17, 15) is 8.42 Å². The lowest BCUT2D eigenvalue weighted by Crippen LogP contribution is -2.23. The number of benzene rings is 1. The minimum Gasteiger partial charge on any atom is -0.307 e. The fourth-order valence-electron chi connectivity index (χ4n) is 2.22. The smallest absolute Gasteiger partial charge is 0.233 e. The standard InChI is InChI=1S/C17H16ClN3O2S/c18-15-6-4-14(5-7-15)9-12-24(22,23)19-10-8-16-13-21-11-2-1-3-17(21)20-16/h1-7,9,11-13,19H,8,10H2/b12-9+. The number of sulfonamides is 1. The van der Waals surface area contributed by atoms with Crippen molar-refractivity contribution < 1.29 is 8.42 Å². The van der Waals surface area contributed by atoms with Crippen LogP contribution in [0.25, 0.3) is 11.7 Å². The molecule has 0 aliphatic carbocycles. The van der Waals surface area contributed by atoms with E-state index in [2.05, 4.69) is 9.71 Å². The van der Waals surface area contributed by atoms with Gasteiger partial charge in [0.15, 0.2) is 0 Å². The third-order valence-corrected chi connectivity index (χ3v) is 4.76. The van der Waals surface area contributed by atoms with E-state index >= 15 is 0 Å². The molecule has 0 saturated heterocycles. The molecule has 3 aromatic rings. The van der Waals surface area contributed by atoms with Gasteiger partial charge in [0.2, 0.25) is 10.0 Å². The Labute approximate surface area is 145 Å². The summed E-state index contributed by atoms with van der Waals surface area (Å²) < 4.78 is 28.4. The number of imidazole rings is 1. The number of nitrogens with one attached hydrogen (secondary N) is 1. The molecule has 0 fully saturated rings. The molecular formula is C17H16ClN3O2S. The molecule has 0 radical (unpaired) electrons. The molecule has 2 aromatic heterocycles. The van der Waals surface area contributed by atoms with Crippen molar-refractivity contribution in [1.82, 2.24) is 14.1 Å². The lowest BCUT2D eigenvalue weighted by Gasteiger charge is -2.01. The summed E-state index contributed by atoms with van der Waals surface area (Å²) in [5.41, 5.74) is 2.45. The highest BCUT2D eigenvalue weighted by atomic mass is 35.5. The molecule has 0 amide bonds. The molecule has 124 valence electrons. The quantitative estimate of drug-likeness (QED) is 0.733. The average Bonchev–Trinajstić information content (AvgIpc) is 2.97. The maximum atomic E-state index is 12.0. The summed E-state index contributed by atoms with van der Waals surface area (Å²) in [5, 5.41) is 1.76. The maximum absolute atomic E-state index is 12.0. The first-order valence-corrected chi connectivity index (χ1v) is 9.30. The zero-order valence-electron chi connectivity index (χ0n) is 12.8. The van der Waals surface area contributed by atoms with Crippen LogP contribution in [0.15, 0.2) is 60.3 Å². The van der Waals surface area contributed by atoms with Crippen LogP contribution in [0.3, 0.4) is 0 Å². The monoisotopic (exact) mass is 361 g/mol. The van der Waals surface area contributed by atoms with Crippen LogP contribution < -0.4 is 4.72 Å². The molecule has 7 heteroatoms. The molecule has 5 nitrogen and oxygen atoms in total. The van der Waals surface area contributed by atoms with Crippen molar-refractivity contribution in [2.75, 3.05) is 6.54 Å². The van der Waals surface area contributed by atoms with Gasteiger partial charge in [-0.1, -0.05) is 29.8 Å². The van der Waals surface area contributed by atoms with Crippen LogP contribution in [0.2, 0.25) is 5.02 Å². The molecule has 24 heavy (non-hydrogen) atoms. The highest BCUT2D eigenvalue weighted by Crippen LogP contribution is 2.11. The van der Waals surface area contributed by atoms with Crippen LogP contribution >= 0.6 is 11.6 Å². The predicted molar refractivity (Wildman–Crippen MR) is 96.3 cm³/mol. The van der Waals surface area contributed by atoms with Crippen molar-refractivity contribution in [2.45, 2.75) is 6.42 Å². The summed E-state index contributed by atoms with van der Waals surface area (Å²) >= 11 is 5.80. The highest BCUT2D eigenvalue weighted by Gasteiger charge is 2.06. The molecule has 0 saturated carbocycles. The zero-order valence-corrected chi connectivity index (χ0v) is 14.3. The second kappa shape index (κ2) is 7.17. The molecule has 0 aliphatic heterocycles. The van der Waals surface area contributed by atoms with E-state index in [1.165, 1.54) is 6.08 Å². The van der Waals surface area contributed by atoms with Gasteiger partial charge in [-0.3, -0.25) is 0 Å². The maximum Gasteiger partial charge on any atom is 0.233 e. The van der Waals surface area contributed by atoms with Gasteiger partial charge in [-0.05, 0) is 35.9 Å². The summed E-state index contributed by atoms with van der Waals surface area (Å²) in [5.74, 6) is 0. The van der Waals surface area contributed by atoms with E-state index in [1.807, 2.05) is 35.0 Å². The molecule has 3 rings (SSSR count). The van der Waals surface area contributed by atoms with Crippen LogP contribution in [0.4, 0.5) is 0 Å². The summed E-state index contributed by atoms with van der Waals surface area (Å²) in [6, 6.07) is 12.7. The molecular weight excluding hydrogens is 346 g/mol. The summed E-state index contributed by atoms with van der Waals surface area (Å²) in [6.07, 6.45) is 5.86. The Kier molecular flexibility index (Phi) is 4.99. The summed E-state index contributed by atoms with van der Waals surface area (Å²) in [4.78, 5) is 4.43. The van der Waals surface area contributed by atoms with Gasteiger partial charge in [-0.25, -0.2) is 18.1 Å². The molecule has 1 aromatic carbocycles. The second-order valence-electron chi connectivity index (χ2n) is 5.24. The topological polar surface area (TPSA) is 63.5 Å². The first kappa shape index (κ1) is 16.7. The van der Waals surface area contributed by atoms with Gasteiger partial charge < -0.3 is 4.40 Å². The number of rotatable bonds is 6. The van der Waals surface area contributed by atoms with Crippen molar-refractivity contribution in [2.24, 2.45) is 0 Å². The van der Waals surface area contributed by atoms with Crippen molar-refractivity contribution in [3.8, 4) is 0 Å². The van der Waals surface area contributed by atoms with Gasteiger partial charge in [0.25, 0.3) is 0 Å². The number of hydrogen-bond acceptors (Lipinski definition) is 3. The van der Waals surface area contributed by atoms with Gasteiger partial charge >= 0.3 is 0 Å². The van der Waals surface area contributed by atoms with Gasteiger partial charge in [0.05, 0.1) is 5.69 Å². The first-order chi connectivity index (χ1) is 11.5. The van der Waals surface area contributed by atoms with Crippen molar-refractivity contribution in [1.29, 1.82) is 0 Å². The van der Waals surface area contributed by atoms with Crippen molar-refractivity contribution >= 4 is 33.3 Å². The average molecular weight is 362 g/mol. The van der Waals surface area contributed by atoms with Crippen molar-refractivity contribution in [3.63, 3.8) is 0 Å². The molecule has 0 unspecified atom stereocenters. The van der Waals surface area contributed by atoms with Crippen molar-refractivity contribution in [3.05, 3.63) is 76.5 Å². The Morgan fingerprint density at radius 1 is 1.17 bits per heavy atom. The van der Waals surface area contributed by atoms with E-state index < -0.39 is 10.0 Å². The molecule has 0 spiro atoms. The fourth-order valence-corrected chi connectivity index (χ4v) is 3.16. The molecule has 2 heterocycles. The van der Waals surface area contributed by atoms with Gasteiger partial charge in [-0.15, -0.1) is 0 Å². The second-order valence-corrected chi connectivity index (χ2v) is 7.33.